The Balaban J connectivity index is 2.24. The van der Waals surface area contributed by atoms with E-state index in [4.69, 9.17) is 11.6 Å². The lowest BCUT2D eigenvalue weighted by Gasteiger charge is -2.15. The van der Waals surface area contributed by atoms with Gasteiger partial charge in [-0.3, -0.25) is 0 Å². The van der Waals surface area contributed by atoms with Crippen molar-refractivity contribution in [2.24, 2.45) is 0 Å². The summed E-state index contributed by atoms with van der Waals surface area (Å²) < 4.78 is 0. The first-order valence-corrected chi connectivity index (χ1v) is 7.49. The van der Waals surface area contributed by atoms with Crippen LogP contribution < -0.4 is 5.32 Å². The maximum Gasteiger partial charge on any atom is 0.138 e. The first-order valence-electron chi connectivity index (χ1n) is 6.24. The van der Waals surface area contributed by atoms with Crippen molar-refractivity contribution in [3.8, 4) is 0 Å². The molecule has 5 heteroatoms. The Morgan fingerprint density at radius 1 is 1.39 bits per heavy atom. The molecule has 98 valence electrons. The van der Waals surface area contributed by atoms with Gasteiger partial charge < -0.3 is 5.32 Å². The highest BCUT2D eigenvalue weighted by atomic mass is 35.5. The molecule has 0 aromatic carbocycles. The number of thiophene rings is 1. The first kappa shape index (κ1) is 13.6. The summed E-state index contributed by atoms with van der Waals surface area (Å²) in [6, 6.07) is 2.49. The Morgan fingerprint density at radius 2 is 2.17 bits per heavy atom. The summed E-state index contributed by atoms with van der Waals surface area (Å²) in [6.45, 7) is 6.29. The lowest BCUT2D eigenvalue weighted by Crippen LogP contribution is -2.19. The largest absolute Gasteiger partial charge is 0.367 e. The van der Waals surface area contributed by atoms with Crippen LogP contribution >= 0.6 is 22.9 Å². The zero-order chi connectivity index (χ0) is 13.1. The highest BCUT2D eigenvalue weighted by Crippen LogP contribution is 2.29. The van der Waals surface area contributed by atoms with Crippen LogP contribution in [0, 0.1) is 0 Å². The van der Waals surface area contributed by atoms with Crippen LogP contribution in [0.2, 0.25) is 0 Å². The lowest BCUT2D eigenvalue weighted by molar-refractivity contribution is 0.694. The maximum atomic E-state index is 6.01. The van der Waals surface area contributed by atoms with Gasteiger partial charge in [0.05, 0.1) is 5.39 Å². The molecule has 0 saturated heterocycles. The number of aryl methyl sites for hydroxylation is 1. The molecule has 2 atom stereocenters. The van der Waals surface area contributed by atoms with Gasteiger partial charge >= 0.3 is 0 Å². The fourth-order valence-corrected chi connectivity index (χ4v) is 3.18. The van der Waals surface area contributed by atoms with E-state index >= 15 is 0 Å². The van der Waals surface area contributed by atoms with Crippen LogP contribution in [0.5, 0.6) is 0 Å². The fourth-order valence-electron chi connectivity index (χ4n) is 1.97. The van der Waals surface area contributed by atoms with Crippen molar-refractivity contribution in [1.29, 1.82) is 0 Å². The molecule has 0 bridgehead atoms. The SMILES string of the molecule is CCc1cc2c(NC(C)CC(C)Cl)ncnc2s1. The highest BCUT2D eigenvalue weighted by Gasteiger charge is 2.11. The number of rotatable bonds is 5. The monoisotopic (exact) mass is 283 g/mol. The molecule has 2 aromatic rings. The summed E-state index contributed by atoms with van der Waals surface area (Å²) in [5.41, 5.74) is 0. The molecule has 2 unspecified atom stereocenters. The summed E-state index contributed by atoms with van der Waals surface area (Å²) in [5.74, 6) is 0.917. The average Bonchev–Trinajstić information content (AvgIpc) is 2.72. The number of halogens is 1. The normalized spacial score (nSPS) is 14.7. The lowest BCUT2D eigenvalue weighted by atomic mass is 10.2. The van der Waals surface area contributed by atoms with Gasteiger partial charge in [0, 0.05) is 16.3 Å². The second-order valence-electron chi connectivity index (χ2n) is 4.57. The highest BCUT2D eigenvalue weighted by molar-refractivity contribution is 7.18. The van der Waals surface area contributed by atoms with Crippen LogP contribution in [0.4, 0.5) is 5.82 Å². The summed E-state index contributed by atoms with van der Waals surface area (Å²) >= 11 is 7.75. The standard InChI is InChI=1S/C13H18ClN3S/c1-4-10-6-11-12(15-7-16-13(11)18-10)17-9(3)5-8(2)14/h6-9H,4-5H2,1-3H3,(H,15,16,17). The Hall–Kier alpha value is -0.870. The van der Waals surface area contributed by atoms with E-state index in [1.807, 2.05) is 6.92 Å². The van der Waals surface area contributed by atoms with Crippen molar-refractivity contribution in [1.82, 2.24) is 9.97 Å². The Labute approximate surface area is 117 Å². The third-order valence-corrected chi connectivity index (χ3v) is 4.16. The van der Waals surface area contributed by atoms with Gasteiger partial charge in [0.25, 0.3) is 0 Å². The molecule has 0 aliphatic carbocycles. The molecule has 0 aliphatic heterocycles. The molecule has 0 amide bonds. The summed E-state index contributed by atoms with van der Waals surface area (Å²) in [6.07, 6.45) is 3.57. The molecule has 0 aliphatic rings. The molecular weight excluding hydrogens is 266 g/mol. The number of anilines is 1. The number of hydrogen-bond donors (Lipinski definition) is 1. The van der Waals surface area contributed by atoms with Gasteiger partial charge in [-0.05, 0) is 32.8 Å². The predicted molar refractivity (Wildman–Crippen MR) is 79.8 cm³/mol. The van der Waals surface area contributed by atoms with E-state index in [9.17, 15) is 0 Å². The summed E-state index contributed by atoms with van der Waals surface area (Å²) in [4.78, 5) is 11.1. The van der Waals surface area contributed by atoms with Gasteiger partial charge in [0.1, 0.15) is 17.0 Å². The van der Waals surface area contributed by atoms with Gasteiger partial charge in [-0.1, -0.05) is 6.92 Å². The van der Waals surface area contributed by atoms with E-state index in [0.29, 0.717) is 6.04 Å². The first-order chi connectivity index (χ1) is 8.60. The van der Waals surface area contributed by atoms with Gasteiger partial charge in [-0.2, -0.15) is 0 Å². The third kappa shape index (κ3) is 3.12. The summed E-state index contributed by atoms with van der Waals surface area (Å²) in [7, 11) is 0. The van der Waals surface area contributed by atoms with Gasteiger partial charge in [-0.25, -0.2) is 9.97 Å². The molecule has 0 radical (unpaired) electrons. The number of fused-ring (bicyclic) bond motifs is 1. The van der Waals surface area contributed by atoms with Crippen molar-refractivity contribution in [3.63, 3.8) is 0 Å². The molecular formula is C13H18ClN3S. The van der Waals surface area contributed by atoms with E-state index in [1.165, 1.54) is 4.88 Å². The minimum atomic E-state index is 0.165. The predicted octanol–water partition coefficient (Wildman–Crippen LogP) is 4.07. The smallest absolute Gasteiger partial charge is 0.138 e. The van der Waals surface area contributed by atoms with E-state index < -0.39 is 0 Å². The molecule has 3 nitrogen and oxygen atoms in total. The molecule has 0 saturated carbocycles. The quantitative estimate of drug-likeness (QED) is 0.841. The average molecular weight is 284 g/mol. The van der Waals surface area contributed by atoms with Crippen LogP contribution in [0.3, 0.4) is 0 Å². The van der Waals surface area contributed by atoms with E-state index in [-0.39, 0.29) is 5.38 Å². The van der Waals surface area contributed by atoms with Crippen molar-refractivity contribution in [2.45, 2.75) is 45.0 Å². The fraction of sp³-hybridized carbons (Fsp3) is 0.538. The van der Waals surface area contributed by atoms with E-state index in [0.717, 1.165) is 28.9 Å². The molecule has 18 heavy (non-hydrogen) atoms. The van der Waals surface area contributed by atoms with E-state index in [1.54, 1.807) is 17.7 Å². The van der Waals surface area contributed by atoms with Crippen LogP contribution in [0.25, 0.3) is 10.2 Å². The zero-order valence-corrected chi connectivity index (χ0v) is 12.5. The second-order valence-corrected chi connectivity index (χ2v) is 6.43. The van der Waals surface area contributed by atoms with Gasteiger partial charge in [0.2, 0.25) is 0 Å². The Morgan fingerprint density at radius 3 is 2.83 bits per heavy atom. The second kappa shape index (κ2) is 5.85. The third-order valence-electron chi connectivity index (χ3n) is 2.79. The number of alkyl halides is 1. The molecule has 0 spiro atoms. The Bertz CT molecular complexity index is 524. The minimum absolute atomic E-state index is 0.165. The Kier molecular flexibility index (Phi) is 4.40. The topological polar surface area (TPSA) is 37.8 Å². The van der Waals surface area contributed by atoms with Crippen LogP contribution in [-0.4, -0.2) is 21.4 Å². The van der Waals surface area contributed by atoms with Crippen molar-refractivity contribution < 1.29 is 0 Å². The number of hydrogen-bond acceptors (Lipinski definition) is 4. The van der Waals surface area contributed by atoms with Crippen molar-refractivity contribution in [2.75, 3.05) is 5.32 Å². The van der Waals surface area contributed by atoms with Crippen LogP contribution in [-0.2, 0) is 6.42 Å². The molecule has 2 aromatic heterocycles. The van der Waals surface area contributed by atoms with Crippen LogP contribution in [0.1, 0.15) is 32.1 Å². The molecule has 2 rings (SSSR count). The minimum Gasteiger partial charge on any atom is -0.367 e. The van der Waals surface area contributed by atoms with Crippen molar-refractivity contribution in [3.05, 3.63) is 17.3 Å². The molecule has 2 heterocycles. The number of nitrogens with zero attached hydrogens (tertiary/aromatic N) is 2. The van der Waals surface area contributed by atoms with Crippen LogP contribution in [0.15, 0.2) is 12.4 Å². The van der Waals surface area contributed by atoms with Gasteiger partial charge in [-0.15, -0.1) is 22.9 Å². The maximum absolute atomic E-state index is 6.01. The zero-order valence-electron chi connectivity index (χ0n) is 10.9. The number of nitrogens with one attached hydrogen (secondary N) is 1. The van der Waals surface area contributed by atoms with Crippen molar-refractivity contribution >= 4 is 39.0 Å². The summed E-state index contributed by atoms with van der Waals surface area (Å²) in [5, 5.41) is 4.71. The van der Waals surface area contributed by atoms with E-state index in [2.05, 4.69) is 35.2 Å². The molecule has 0 fully saturated rings. The number of aromatic nitrogens is 2. The molecule has 1 N–H and O–H groups in total. The van der Waals surface area contributed by atoms with Gasteiger partial charge in [0.15, 0.2) is 0 Å².